The number of ether oxygens (including phenoxy) is 1. The standard InChI is InChI=1S/C28H25N3O3S/c1-18-7-11-21(12-8-18)30-26(32)24(17-29)28-31(22-13-9-19(2)10-14-22)27(33)25(35-28)16-20-5-4-6-23(15-20)34-3/h4-15,25H,16H2,1-3H3,(H,30,32)/b28-24-/t25-/m1/s1. The number of thioether (sulfide) groups is 1. The molecule has 1 N–H and O–H groups in total. The number of carbonyl (C=O) groups is 2. The van der Waals surface area contributed by atoms with Crippen molar-refractivity contribution >= 4 is 35.0 Å². The summed E-state index contributed by atoms with van der Waals surface area (Å²) in [4.78, 5) is 28.2. The van der Waals surface area contributed by atoms with Crippen molar-refractivity contribution in [3.05, 3.63) is 100 Å². The molecule has 0 bridgehead atoms. The van der Waals surface area contributed by atoms with Gasteiger partial charge < -0.3 is 10.1 Å². The van der Waals surface area contributed by atoms with Crippen LogP contribution >= 0.6 is 11.8 Å². The Morgan fingerprint density at radius 3 is 2.34 bits per heavy atom. The van der Waals surface area contributed by atoms with E-state index in [0.717, 1.165) is 16.7 Å². The Bertz CT molecular complexity index is 1320. The quantitative estimate of drug-likeness (QED) is 0.376. The SMILES string of the molecule is COc1cccc(C[C@H]2S/C(=C(/C#N)C(=O)Nc3ccc(C)cc3)N(c3ccc(C)cc3)C2=O)c1. The summed E-state index contributed by atoms with van der Waals surface area (Å²) in [6.45, 7) is 3.92. The van der Waals surface area contributed by atoms with Crippen LogP contribution in [0.2, 0.25) is 0 Å². The predicted molar refractivity (Wildman–Crippen MR) is 139 cm³/mol. The maximum absolute atomic E-state index is 13.6. The topological polar surface area (TPSA) is 82.4 Å². The van der Waals surface area contributed by atoms with Gasteiger partial charge >= 0.3 is 0 Å². The molecule has 7 heteroatoms. The summed E-state index contributed by atoms with van der Waals surface area (Å²) in [6.07, 6.45) is 0.435. The van der Waals surface area contributed by atoms with Crippen LogP contribution in [0.15, 0.2) is 83.4 Å². The van der Waals surface area contributed by atoms with Gasteiger partial charge in [0.05, 0.1) is 12.4 Å². The Labute approximate surface area is 209 Å². The minimum atomic E-state index is -0.550. The van der Waals surface area contributed by atoms with E-state index in [2.05, 4.69) is 5.32 Å². The van der Waals surface area contributed by atoms with Gasteiger partial charge in [0.25, 0.3) is 5.91 Å². The fourth-order valence-corrected chi connectivity index (χ4v) is 5.07. The average Bonchev–Trinajstić information content (AvgIpc) is 3.17. The van der Waals surface area contributed by atoms with Crippen LogP contribution < -0.4 is 15.0 Å². The molecule has 1 fully saturated rings. The molecule has 0 unspecified atom stereocenters. The summed E-state index contributed by atoms with van der Waals surface area (Å²) in [6, 6.07) is 24.4. The second kappa shape index (κ2) is 10.5. The average molecular weight is 484 g/mol. The number of anilines is 2. The molecule has 1 heterocycles. The van der Waals surface area contributed by atoms with E-state index in [9.17, 15) is 14.9 Å². The molecule has 3 aromatic rings. The van der Waals surface area contributed by atoms with Gasteiger partial charge in [0.2, 0.25) is 5.91 Å². The predicted octanol–water partition coefficient (Wildman–Crippen LogP) is 5.38. The van der Waals surface area contributed by atoms with Crippen LogP contribution in [0.25, 0.3) is 0 Å². The van der Waals surface area contributed by atoms with Crippen molar-refractivity contribution in [3.63, 3.8) is 0 Å². The molecule has 2 amide bonds. The minimum absolute atomic E-state index is 0.0994. The monoisotopic (exact) mass is 483 g/mol. The van der Waals surface area contributed by atoms with Crippen LogP contribution in [0, 0.1) is 25.2 Å². The number of amides is 2. The van der Waals surface area contributed by atoms with Crippen molar-refractivity contribution in [3.8, 4) is 11.8 Å². The van der Waals surface area contributed by atoms with Gasteiger partial charge in [-0.1, -0.05) is 59.3 Å². The molecular weight excluding hydrogens is 458 g/mol. The van der Waals surface area contributed by atoms with Gasteiger partial charge in [0.15, 0.2) is 0 Å². The van der Waals surface area contributed by atoms with E-state index in [1.54, 1.807) is 19.2 Å². The third-order valence-electron chi connectivity index (χ3n) is 5.66. The van der Waals surface area contributed by atoms with E-state index in [1.807, 2.05) is 80.6 Å². The molecular formula is C28H25N3O3S. The summed E-state index contributed by atoms with van der Waals surface area (Å²) in [5.41, 5.74) is 4.14. The first-order valence-electron chi connectivity index (χ1n) is 11.1. The largest absolute Gasteiger partial charge is 0.497 e. The Morgan fingerprint density at radius 2 is 1.71 bits per heavy atom. The summed E-state index contributed by atoms with van der Waals surface area (Å²) in [5, 5.41) is 12.6. The zero-order valence-electron chi connectivity index (χ0n) is 19.7. The van der Waals surface area contributed by atoms with Crippen LogP contribution in [0.4, 0.5) is 11.4 Å². The van der Waals surface area contributed by atoms with Gasteiger partial charge in [0.1, 0.15) is 22.4 Å². The molecule has 35 heavy (non-hydrogen) atoms. The van der Waals surface area contributed by atoms with E-state index in [0.29, 0.717) is 28.6 Å². The second-order valence-electron chi connectivity index (χ2n) is 8.28. The number of carbonyl (C=O) groups excluding carboxylic acids is 2. The first-order valence-corrected chi connectivity index (χ1v) is 12.0. The molecule has 1 atom stereocenters. The van der Waals surface area contributed by atoms with Crippen LogP contribution in [0.5, 0.6) is 5.75 Å². The fourth-order valence-electron chi connectivity index (χ4n) is 3.76. The summed E-state index contributed by atoms with van der Waals surface area (Å²) in [7, 11) is 1.60. The highest BCUT2D eigenvalue weighted by molar-refractivity contribution is 8.05. The molecule has 1 aliphatic heterocycles. The van der Waals surface area contributed by atoms with Crippen LogP contribution in [0.1, 0.15) is 16.7 Å². The number of rotatable bonds is 6. The number of nitrogens with zero attached hydrogens (tertiary/aromatic N) is 2. The van der Waals surface area contributed by atoms with E-state index < -0.39 is 11.2 Å². The second-order valence-corrected chi connectivity index (χ2v) is 9.47. The van der Waals surface area contributed by atoms with Gasteiger partial charge in [0, 0.05) is 11.4 Å². The molecule has 1 saturated heterocycles. The molecule has 4 rings (SSSR count). The van der Waals surface area contributed by atoms with Crippen molar-refractivity contribution in [2.75, 3.05) is 17.3 Å². The van der Waals surface area contributed by atoms with Gasteiger partial charge in [-0.3, -0.25) is 14.5 Å². The van der Waals surface area contributed by atoms with Crippen molar-refractivity contribution in [1.82, 2.24) is 0 Å². The Kier molecular flexibility index (Phi) is 7.23. The summed E-state index contributed by atoms with van der Waals surface area (Å²) >= 11 is 1.24. The van der Waals surface area contributed by atoms with E-state index >= 15 is 0 Å². The molecule has 0 aromatic heterocycles. The molecule has 1 aliphatic rings. The molecule has 0 saturated carbocycles. The third kappa shape index (κ3) is 5.39. The smallest absolute Gasteiger partial charge is 0.269 e. The molecule has 0 radical (unpaired) electrons. The van der Waals surface area contributed by atoms with E-state index in [4.69, 9.17) is 4.74 Å². The first kappa shape index (κ1) is 24.1. The molecule has 0 aliphatic carbocycles. The van der Waals surface area contributed by atoms with Gasteiger partial charge in [-0.15, -0.1) is 0 Å². The lowest BCUT2D eigenvalue weighted by molar-refractivity contribution is -0.117. The van der Waals surface area contributed by atoms with Gasteiger partial charge in [-0.25, -0.2) is 0 Å². The molecule has 0 spiro atoms. The highest BCUT2D eigenvalue weighted by Crippen LogP contribution is 2.42. The zero-order chi connectivity index (χ0) is 24.9. The highest BCUT2D eigenvalue weighted by atomic mass is 32.2. The van der Waals surface area contributed by atoms with Crippen molar-refractivity contribution in [2.24, 2.45) is 0 Å². The lowest BCUT2D eigenvalue weighted by atomic mass is 10.1. The van der Waals surface area contributed by atoms with E-state index in [-0.39, 0.29) is 11.5 Å². The van der Waals surface area contributed by atoms with Crippen LogP contribution in [-0.2, 0) is 16.0 Å². The molecule has 6 nitrogen and oxygen atoms in total. The third-order valence-corrected chi connectivity index (χ3v) is 6.93. The number of hydrogen-bond donors (Lipinski definition) is 1. The Balaban J connectivity index is 1.71. The zero-order valence-corrected chi connectivity index (χ0v) is 20.6. The number of hydrogen-bond acceptors (Lipinski definition) is 5. The van der Waals surface area contributed by atoms with Crippen molar-refractivity contribution in [2.45, 2.75) is 25.5 Å². The lowest BCUT2D eigenvalue weighted by Crippen LogP contribution is -2.30. The number of benzene rings is 3. The van der Waals surface area contributed by atoms with Crippen molar-refractivity contribution in [1.29, 1.82) is 5.26 Å². The summed E-state index contributed by atoms with van der Waals surface area (Å²) in [5.74, 6) is -0.0161. The minimum Gasteiger partial charge on any atom is -0.497 e. The van der Waals surface area contributed by atoms with Crippen LogP contribution in [-0.4, -0.2) is 24.2 Å². The highest BCUT2D eigenvalue weighted by Gasteiger charge is 2.40. The number of methoxy groups -OCH3 is 1. The van der Waals surface area contributed by atoms with Gasteiger partial charge in [-0.2, -0.15) is 5.26 Å². The Hall–Kier alpha value is -4.02. The summed E-state index contributed by atoms with van der Waals surface area (Å²) < 4.78 is 5.31. The maximum Gasteiger partial charge on any atom is 0.269 e. The fraction of sp³-hybridized carbons (Fsp3) is 0.179. The van der Waals surface area contributed by atoms with Crippen LogP contribution in [0.3, 0.4) is 0 Å². The number of nitriles is 1. The maximum atomic E-state index is 13.6. The number of nitrogens with one attached hydrogen (secondary N) is 1. The molecule has 3 aromatic carbocycles. The van der Waals surface area contributed by atoms with Crippen molar-refractivity contribution < 1.29 is 14.3 Å². The Morgan fingerprint density at radius 1 is 1.06 bits per heavy atom. The molecule has 176 valence electrons. The van der Waals surface area contributed by atoms with E-state index in [1.165, 1.54) is 16.7 Å². The lowest BCUT2D eigenvalue weighted by Gasteiger charge is -2.19. The number of aryl methyl sites for hydroxylation is 2. The van der Waals surface area contributed by atoms with Gasteiger partial charge in [-0.05, 0) is 62.2 Å². The normalized spacial score (nSPS) is 16.6. The first-order chi connectivity index (χ1) is 16.9.